The number of carboxylic acids is 1. The minimum atomic E-state index is -0.706. The number of rotatable bonds is 3. The highest BCUT2D eigenvalue weighted by Crippen LogP contribution is 2.33. The minimum Gasteiger partial charge on any atom is -0.481 e. The van der Waals surface area contributed by atoms with Gasteiger partial charge in [-0.05, 0) is 6.42 Å². The summed E-state index contributed by atoms with van der Waals surface area (Å²) in [6.07, 6.45) is 0.709. The molecule has 1 aliphatic heterocycles. The van der Waals surface area contributed by atoms with Gasteiger partial charge in [-0.15, -0.1) is 0 Å². The summed E-state index contributed by atoms with van der Waals surface area (Å²) in [7, 11) is 0. The van der Waals surface area contributed by atoms with E-state index in [4.69, 9.17) is 5.11 Å². The van der Waals surface area contributed by atoms with Gasteiger partial charge in [-0.1, -0.05) is 11.8 Å². The molecule has 0 aromatic heterocycles. The summed E-state index contributed by atoms with van der Waals surface area (Å²) in [4.78, 5) is 21.3. The van der Waals surface area contributed by atoms with Crippen LogP contribution in [0.2, 0.25) is 0 Å². The monoisotopic (exact) mass is 220 g/mol. The molecule has 0 saturated carbocycles. The molecular weight excluding hydrogens is 208 g/mol. The summed E-state index contributed by atoms with van der Waals surface area (Å²) >= 11 is 2.96. The van der Waals surface area contributed by atoms with Crippen molar-refractivity contribution in [3.63, 3.8) is 0 Å². The molecule has 0 aromatic rings. The Labute approximate surface area is 85.7 Å². The maximum atomic E-state index is 10.7. The molecule has 1 aliphatic rings. The van der Waals surface area contributed by atoms with Crippen LogP contribution in [0.25, 0.3) is 0 Å². The van der Waals surface area contributed by atoms with Crippen molar-refractivity contribution in [2.24, 2.45) is 5.92 Å². The second-order valence-electron chi connectivity index (χ2n) is 3.03. The van der Waals surface area contributed by atoms with Crippen LogP contribution in [0.5, 0.6) is 0 Å². The van der Waals surface area contributed by atoms with Crippen molar-refractivity contribution in [1.82, 2.24) is 0 Å². The molecule has 3 nitrogen and oxygen atoms in total. The summed E-state index contributed by atoms with van der Waals surface area (Å²) in [6, 6.07) is 0. The summed E-state index contributed by atoms with van der Waals surface area (Å²) in [5, 5.41) is 9.17. The van der Waals surface area contributed by atoms with Crippen LogP contribution in [-0.4, -0.2) is 32.9 Å². The van der Waals surface area contributed by atoms with Crippen molar-refractivity contribution in [2.75, 3.05) is 11.5 Å². The molecule has 2 atom stereocenters. The Kier molecular flexibility index (Phi) is 4.12. The first kappa shape index (κ1) is 10.9. The first-order chi connectivity index (χ1) is 6.09. The first-order valence-corrected chi connectivity index (χ1v) is 6.11. The lowest BCUT2D eigenvalue weighted by Gasteiger charge is -2.05. The molecule has 1 rings (SSSR count). The van der Waals surface area contributed by atoms with Crippen molar-refractivity contribution in [3.05, 3.63) is 0 Å². The molecule has 0 spiro atoms. The molecule has 0 bridgehead atoms. The van der Waals surface area contributed by atoms with Crippen LogP contribution in [0.1, 0.15) is 13.3 Å². The van der Waals surface area contributed by atoms with Gasteiger partial charge in [0.25, 0.3) is 0 Å². The van der Waals surface area contributed by atoms with Gasteiger partial charge in [0.05, 0.1) is 5.92 Å². The van der Waals surface area contributed by atoms with E-state index in [2.05, 4.69) is 0 Å². The van der Waals surface area contributed by atoms with Crippen LogP contribution in [0.15, 0.2) is 0 Å². The number of hydrogen-bond donors (Lipinski definition) is 1. The Morgan fingerprint density at radius 1 is 1.62 bits per heavy atom. The predicted molar refractivity (Wildman–Crippen MR) is 55.1 cm³/mol. The topological polar surface area (TPSA) is 54.4 Å². The third kappa shape index (κ3) is 3.60. The van der Waals surface area contributed by atoms with Gasteiger partial charge < -0.3 is 5.11 Å². The average molecular weight is 220 g/mol. The summed E-state index contributed by atoms with van der Waals surface area (Å²) < 4.78 is 0. The van der Waals surface area contributed by atoms with E-state index < -0.39 is 5.97 Å². The maximum Gasteiger partial charge on any atom is 0.307 e. The molecule has 0 radical (unpaired) electrons. The van der Waals surface area contributed by atoms with Crippen molar-refractivity contribution >= 4 is 34.6 Å². The summed E-state index contributed by atoms with van der Waals surface area (Å²) in [5.41, 5.74) is 0. The van der Waals surface area contributed by atoms with Crippen molar-refractivity contribution in [1.29, 1.82) is 0 Å². The maximum absolute atomic E-state index is 10.7. The smallest absolute Gasteiger partial charge is 0.307 e. The Morgan fingerprint density at radius 2 is 2.31 bits per heavy atom. The average Bonchev–Trinajstić information content (AvgIpc) is 2.48. The van der Waals surface area contributed by atoms with Gasteiger partial charge >= 0.3 is 5.97 Å². The molecule has 1 unspecified atom stereocenters. The lowest BCUT2D eigenvalue weighted by Crippen LogP contribution is -2.14. The van der Waals surface area contributed by atoms with Crippen LogP contribution >= 0.6 is 23.5 Å². The van der Waals surface area contributed by atoms with Gasteiger partial charge in [-0.25, -0.2) is 0 Å². The van der Waals surface area contributed by atoms with E-state index in [0.717, 1.165) is 5.75 Å². The summed E-state index contributed by atoms with van der Waals surface area (Å²) in [6.45, 7) is 1.54. The fourth-order valence-electron chi connectivity index (χ4n) is 1.20. The fraction of sp³-hybridized carbons (Fsp3) is 0.750. The van der Waals surface area contributed by atoms with Gasteiger partial charge in [-0.3, -0.25) is 9.59 Å². The van der Waals surface area contributed by atoms with Crippen LogP contribution < -0.4 is 0 Å². The number of aliphatic carboxylic acids is 1. The van der Waals surface area contributed by atoms with E-state index in [-0.39, 0.29) is 11.0 Å². The zero-order valence-corrected chi connectivity index (χ0v) is 8.99. The molecule has 1 heterocycles. The SMILES string of the molecule is CC(=O)SC[C@H]1CC(C(=O)O)CS1. The molecule has 0 aliphatic carbocycles. The Hall–Kier alpha value is -0.160. The van der Waals surface area contributed by atoms with Gasteiger partial charge in [0.1, 0.15) is 0 Å². The lowest BCUT2D eigenvalue weighted by atomic mass is 10.1. The lowest BCUT2D eigenvalue weighted by molar-refractivity contribution is -0.140. The molecule has 1 fully saturated rings. The van der Waals surface area contributed by atoms with Crippen molar-refractivity contribution in [3.8, 4) is 0 Å². The Balaban J connectivity index is 2.25. The molecule has 1 saturated heterocycles. The van der Waals surface area contributed by atoms with Gasteiger partial charge in [0.15, 0.2) is 5.12 Å². The van der Waals surface area contributed by atoms with E-state index in [0.29, 0.717) is 17.4 Å². The number of thioether (sulfide) groups is 2. The van der Waals surface area contributed by atoms with E-state index >= 15 is 0 Å². The highest BCUT2D eigenvalue weighted by molar-refractivity contribution is 8.14. The number of carboxylic acid groups (broad SMARTS) is 1. The highest BCUT2D eigenvalue weighted by atomic mass is 32.2. The van der Waals surface area contributed by atoms with Crippen LogP contribution in [0, 0.1) is 5.92 Å². The molecule has 0 aromatic carbocycles. The molecule has 0 amide bonds. The van der Waals surface area contributed by atoms with Crippen molar-refractivity contribution < 1.29 is 14.7 Å². The third-order valence-corrected chi connectivity index (χ3v) is 4.51. The zero-order chi connectivity index (χ0) is 9.84. The Morgan fingerprint density at radius 3 is 2.77 bits per heavy atom. The second-order valence-corrected chi connectivity index (χ2v) is 5.56. The van der Waals surface area contributed by atoms with E-state index in [9.17, 15) is 9.59 Å². The van der Waals surface area contributed by atoms with Gasteiger partial charge in [0, 0.05) is 23.7 Å². The predicted octanol–water partition coefficient (Wildman–Crippen LogP) is 1.47. The first-order valence-electron chi connectivity index (χ1n) is 4.07. The molecule has 74 valence electrons. The van der Waals surface area contributed by atoms with Crippen molar-refractivity contribution in [2.45, 2.75) is 18.6 Å². The zero-order valence-electron chi connectivity index (χ0n) is 7.36. The van der Waals surface area contributed by atoms with E-state index in [1.165, 1.54) is 11.8 Å². The molecule has 1 N–H and O–H groups in total. The van der Waals surface area contributed by atoms with Gasteiger partial charge in [0.2, 0.25) is 0 Å². The largest absolute Gasteiger partial charge is 0.481 e. The second kappa shape index (κ2) is 4.91. The highest BCUT2D eigenvalue weighted by Gasteiger charge is 2.30. The quantitative estimate of drug-likeness (QED) is 0.780. The number of carbonyl (C=O) groups excluding carboxylic acids is 1. The number of carbonyl (C=O) groups is 2. The minimum absolute atomic E-state index is 0.111. The molecular formula is C8H12O3S2. The Bertz CT molecular complexity index is 217. The standard InChI is InChI=1S/C8H12O3S2/c1-5(9)12-4-7-2-6(3-13-7)8(10)11/h6-7H,2-4H2,1H3,(H,10,11)/t6?,7-/m1/s1. The van der Waals surface area contributed by atoms with E-state index in [1.54, 1.807) is 18.7 Å². The fourth-order valence-corrected chi connectivity index (χ4v) is 3.50. The molecule has 5 heteroatoms. The molecule has 13 heavy (non-hydrogen) atoms. The van der Waals surface area contributed by atoms with Crippen LogP contribution in [0.4, 0.5) is 0 Å². The van der Waals surface area contributed by atoms with E-state index in [1.807, 2.05) is 0 Å². The summed E-state index contributed by atoms with van der Waals surface area (Å²) in [5.74, 6) is 0.535. The van der Waals surface area contributed by atoms with Crippen LogP contribution in [0.3, 0.4) is 0 Å². The number of hydrogen-bond acceptors (Lipinski definition) is 4. The normalized spacial score (nSPS) is 27.5. The van der Waals surface area contributed by atoms with Crippen LogP contribution in [-0.2, 0) is 9.59 Å². The third-order valence-electron chi connectivity index (χ3n) is 1.90. The van der Waals surface area contributed by atoms with Gasteiger partial charge in [-0.2, -0.15) is 11.8 Å².